The maximum absolute atomic E-state index is 12.7. The maximum atomic E-state index is 12.7. The number of amides is 1. The summed E-state index contributed by atoms with van der Waals surface area (Å²) in [5.74, 6) is 0.00966. The topological polar surface area (TPSA) is 50.8 Å². The first kappa shape index (κ1) is 22.9. The molecule has 162 valence electrons. The molecule has 0 atom stereocenters. The first-order valence-electron chi connectivity index (χ1n) is 9.14. The first-order chi connectivity index (χ1) is 14.2. The van der Waals surface area contributed by atoms with Gasteiger partial charge in [-0.2, -0.15) is 13.2 Å². The van der Waals surface area contributed by atoms with Crippen molar-refractivity contribution >= 4 is 39.1 Å². The molecular formula is C20H19BrClF3N2O3. The molecule has 2 aromatic carbocycles. The number of anilines is 1. The highest BCUT2D eigenvalue weighted by Gasteiger charge is 2.31. The van der Waals surface area contributed by atoms with Gasteiger partial charge in [-0.05, 0) is 52.3 Å². The lowest BCUT2D eigenvalue weighted by Gasteiger charge is -2.26. The standard InChI is InChI=1S/C20H19BrClF3N2O3/c21-16-12-14(2-4-18(16)30-10-7-27-5-8-29-9-6-27)26-19(28)15-3-1-13(11-17(15)22)20(23,24)25/h1-4,11-12H,5-10H2,(H,26,28). The molecule has 1 N–H and O–H groups in total. The third-order valence-electron chi connectivity index (χ3n) is 4.50. The largest absolute Gasteiger partial charge is 0.491 e. The van der Waals surface area contributed by atoms with E-state index < -0.39 is 17.6 Å². The molecule has 0 bridgehead atoms. The lowest BCUT2D eigenvalue weighted by atomic mass is 10.1. The van der Waals surface area contributed by atoms with Gasteiger partial charge in [-0.1, -0.05) is 11.6 Å². The zero-order valence-corrected chi connectivity index (χ0v) is 18.1. The van der Waals surface area contributed by atoms with E-state index in [0.717, 1.165) is 51.0 Å². The van der Waals surface area contributed by atoms with Gasteiger partial charge in [-0.3, -0.25) is 9.69 Å². The molecule has 0 saturated carbocycles. The van der Waals surface area contributed by atoms with Crippen molar-refractivity contribution < 1.29 is 27.4 Å². The first-order valence-corrected chi connectivity index (χ1v) is 10.3. The molecule has 1 aliphatic heterocycles. The Morgan fingerprint density at radius 3 is 2.57 bits per heavy atom. The van der Waals surface area contributed by atoms with E-state index in [1.807, 2.05) is 0 Å². The van der Waals surface area contributed by atoms with Crippen LogP contribution in [0.4, 0.5) is 18.9 Å². The van der Waals surface area contributed by atoms with Crippen LogP contribution in [0.15, 0.2) is 40.9 Å². The fourth-order valence-corrected chi connectivity index (χ4v) is 3.64. The highest BCUT2D eigenvalue weighted by Crippen LogP contribution is 2.33. The van der Waals surface area contributed by atoms with Crippen molar-refractivity contribution in [2.45, 2.75) is 6.18 Å². The Balaban J connectivity index is 1.59. The molecule has 2 aromatic rings. The zero-order valence-electron chi connectivity index (χ0n) is 15.8. The Hall–Kier alpha value is -1.81. The van der Waals surface area contributed by atoms with Gasteiger partial charge >= 0.3 is 6.18 Å². The second kappa shape index (κ2) is 10.00. The van der Waals surface area contributed by atoms with Crippen LogP contribution in [-0.2, 0) is 10.9 Å². The van der Waals surface area contributed by atoms with Crippen LogP contribution in [0.3, 0.4) is 0 Å². The summed E-state index contributed by atoms with van der Waals surface area (Å²) in [6, 6.07) is 7.61. The number of alkyl halides is 3. The minimum Gasteiger partial charge on any atom is -0.491 e. The van der Waals surface area contributed by atoms with Crippen molar-refractivity contribution in [3.8, 4) is 5.75 Å². The minimum absolute atomic E-state index is 0.0494. The van der Waals surface area contributed by atoms with Crippen LogP contribution in [0.25, 0.3) is 0 Å². The number of benzene rings is 2. The number of ether oxygens (including phenoxy) is 2. The Morgan fingerprint density at radius 1 is 1.20 bits per heavy atom. The van der Waals surface area contributed by atoms with Crippen molar-refractivity contribution in [2.24, 2.45) is 0 Å². The smallest absolute Gasteiger partial charge is 0.416 e. The van der Waals surface area contributed by atoms with Gasteiger partial charge in [-0.15, -0.1) is 0 Å². The molecule has 1 fully saturated rings. The van der Waals surface area contributed by atoms with Crippen LogP contribution >= 0.6 is 27.5 Å². The van der Waals surface area contributed by atoms with E-state index in [9.17, 15) is 18.0 Å². The summed E-state index contributed by atoms with van der Waals surface area (Å²) in [7, 11) is 0. The van der Waals surface area contributed by atoms with Crippen molar-refractivity contribution in [2.75, 3.05) is 44.8 Å². The Morgan fingerprint density at radius 2 is 1.93 bits per heavy atom. The van der Waals surface area contributed by atoms with E-state index >= 15 is 0 Å². The minimum atomic E-state index is -4.53. The lowest BCUT2D eigenvalue weighted by molar-refractivity contribution is -0.137. The molecule has 10 heteroatoms. The molecule has 1 saturated heterocycles. The number of morpholine rings is 1. The highest BCUT2D eigenvalue weighted by molar-refractivity contribution is 9.10. The van der Waals surface area contributed by atoms with Gasteiger partial charge in [0.15, 0.2) is 0 Å². The van der Waals surface area contributed by atoms with Gasteiger partial charge in [0.1, 0.15) is 12.4 Å². The Kier molecular flexibility index (Phi) is 7.62. The van der Waals surface area contributed by atoms with Crippen molar-refractivity contribution in [3.63, 3.8) is 0 Å². The van der Waals surface area contributed by atoms with Crippen LogP contribution in [0.5, 0.6) is 5.75 Å². The molecule has 3 rings (SSSR count). The second-order valence-electron chi connectivity index (χ2n) is 6.59. The number of carbonyl (C=O) groups excluding carboxylic acids is 1. The molecule has 30 heavy (non-hydrogen) atoms. The molecule has 1 heterocycles. The number of rotatable bonds is 6. The fraction of sp³-hybridized carbons (Fsp3) is 0.350. The van der Waals surface area contributed by atoms with E-state index in [4.69, 9.17) is 21.1 Å². The molecule has 0 aromatic heterocycles. The van der Waals surface area contributed by atoms with E-state index in [1.165, 1.54) is 0 Å². The van der Waals surface area contributed by atoms with Gasteiger partial charge in [0.25, 0.3) is 5.91 Å². The summed E-state index contributed by atoms with van der Waals surface area (Å²) in [5.41, 5.74) is -0.514. The van der Waals surface area contributed by atoms with Crippen LogP contribution in [0.2, 0.25) is 5.02 Å². The summed E-state index contributed by atoms with van der Waals surface area (Å²) < 4.78 is 49.9. The maximum Gasteiger partial charge on any atom is 0.416 e. The SMILES string of the molecule is O=C(Nc1ccc(OCCN2CCOCC2)c(Br)c1)c1ccc(C(F)(F)F)cc1Cl. The zero-order chi connectivity index (χ0) is 21.7. The van der Waals surface area contributed by atoms with Crippen LogP contribution in [0, 0.1) is 0 Å². The lowest BCUT2D eigenvalue weighted by Crippen LogP contribution is -2.38. The monoisotopic (exact) mass is 506 g/mol. The normalized spacial score (nSPS) is 15.1. The summed E-state index contributed by atoms with van der Waals surface area (Å²) in [6.07, 6.45) is -4.53. The van der Waals surface area contributed by atoms with E-state index in [-0.39, 0.29) is 10.6 Å². The molecule has 0 radical (unpaired) electrons. The Bertz CT molecular complexity index is 905. The van der Waals surface area contributed by atoms with Crippen LogP contribution < -0.4 is 10.1 Å². The average Bonchev–Trinajstić information content (AvgIpc) is 2.69. The predicted octanol–water partition coefficient (Wildman–Crippen LogP) is 5.08. The van der Waals surface area contributed by atoms with Crippen LogP contribution in [-0.4, -0.2) is 50.3 Å². The Labute approximate surface area is 185 Å². The summed E-state index contributed by atoms with van der Waals surface area (Å²) in [4.78, 5) is 14.6. The second-order valence-corrected chi connectivity index (χ2v) is 7.86. The van der Waals surface area contributed by atoms with Gasteiger partial charge in [0, 0.05) is 25.3 Å². The van der Waals surface area contributed by atoms with Crippen molar-refractivity contribution in [3.05, 3.63) is 57.0 Å². The third-order valence-corrected chi connectivity index (χ3v) is 5.43. The molecule has 1 aliphatic rings. The van der Waals surface area contributed by atoms with Gasteiger partial charge in [0.05, 0.1) is 33.8 Å². The number of carbonyl (C=O) groups is 1. The number of halogens is 5. The van der Waals surface area contributed by atoms with E-state index in [1.54, 1.807) is 18.2 Å². The number of nitrogens with one attached hydrogen (secondary N) is 1. The van der Waals surface area contributed by atoms with Crippen molar-refractivity contribution in [1.82, 2.24) is 4.90 Å². The molecule has 5 nitrogen and oxygen atoms in total. The summed E-state index contributed by atoms with van der Waals surface area (Å²) in [5, 5.41) is 2.35. The van der Waals surface area contributed by atoms with Crippen molar-refractivity contribution in [1.29, 1.82) is 0 Å². The van der Waals surface area contributed by atoms with Gasteiger partial charge < -0.3 is 14.8 Å². The van der Waals surface area contributed by atoms with E-state index in [2.05, 4.69) is 26.1 Å². The number of hydrogen-bond acceptors (Lipinski definition) is 4. The summed E-state index contributed by atoms with van der Waals surface area (Å²) in [6.45, 7) is 4.48. The quantitative estimate of drug-likeness (QED) is 0.592. The highest BCUT2D eigenvalue weighted by atomic mass is 79.9. The molecule has 0 aliphatic carbocycles. The number of nitrogens with zero attached hydrogens (tertiary/aromatic N) is 1. The van der Waals surface area contributed by atoms with Gasteiger partial charge in [0.2, 0.25) is 0 Å². The number of hydrogen-bond donors (Lipinski definition) is 1. The predicted molar refractivity (Wildman–Crippen MR) is 111 cm³/mol. The molecule has 1 amide bonds. The fourth-order valence-electron chi connectivity index (χ4n) is 2.88. The molecule has 0 unspecified atom stereocenters. The average molecular weight is 508 g/mol. The van der Waals surface area contributed by atoms with E-state index in [0.29, 0.717) is 22.5 Å². The molecule has 0 spiro atoms. The van der Waals surface area contributed by atoms with Crippen LogP contribution in [0.1, 0.15) is 15.9 Å². The molecular weight excluding hydrogens is 489 g/mol. The third kappa shape index (κ3) is 6.10. The van der Waals surface area contributed by atoms with Gasteiger partial charge in [-0.25, -0.2) is 0 Å². The summed E-state index contributed by atoms with van der Waals surface area (Å²) >= 11 is 9.28.